The van der Waals surface area contributed by atoms with Crippen molar-refractivity contribution in [3.8, 4) is 18.2 Å². The highest BCUT2D eigenvalue weighted by Crippen LogP contribution is 2.47. The summed E-state index contributed by atoms with van der Waals surface area (Å²) in [5.74, 6) is 0.0762. The van der Waals surface area contributed by atoms with E-state index in [1.165, 1.54) is 11.3 Å². The van der Waals surface area contributed by atoms with Crippen LogP contribution in [0.4, 0.5) is 5.00 Å². The molecule has 0 bridgehead atoms. The van der Waals surface area contributed by atoms with Gasteiger partial charge in [0, 0.05) is 24.5 Å². The average molecular weight is 310 g/mol. The Labute approximate surface area is 133 Å². The molecule has 0 aromatic carbocycles. The summed E-state index contributed by atoms with van der Waals surface area (Å²) in [6, 6.07) is 9.58. The number of allylic oxidation sites excluding steroid dienone is 2. The molecule has 2 heterocycles. The minimum atomic E-state index is -0.770. The maximum atomic E-state index is 9.51. The molecule has 2 rings (SSSR count). The quantitative estimate of drug-likeness (QED) is 0.783. The number of ether oxygens (including phenoxy) is 1. The highest BCUT2D eigenvalue weighted by Gasteiger charge is 2.41. The van der Waals surface area contributed by atoms with Crippen LogP contribution in [0.25, 0.3) is 5.57 Å². The first-order chi connectivity index (χ1) is 10.4. The molecule has 0 atom stereocenters. The van der Waals surface area contributed by atoms with Crippen molar-refractivity contribution >= 4 is 21.9 Å². The lowest BCUT2D eigenvalue weighted by atomic mass is 9.94. The SMILES string of the molecule is CN(C)c1ccc(C2=C(C#N)C(=C(C#N)C#N)OC2(C)C)s1. The molecular weight excluding hydrogens is 296 g/mol. The van der Waals surface area contributed by atoms with Crippen LogP contribution >= 0.6 is 11.3 Å². The largest absolute Gasteiger partial charge is 0.479 e. The van der Waals surface area contributed by atoms with Gasteiger partial charge < -0.3 is 9.64 Å². The summed E-state index contributed by atoms with van der Waals surface area (Å²) in [6.07, 6.45) is 0. The van der Waals surface area contributed by atoms with Gasteiger partial charge in [0.1, 0.15) is 29.4 Å². The van der Waals surface area contributed by atoms with Crippen LogP contribution in [-0.2, 0) is 4.74 Å². The fraction of sp³-hybridized carbons (Fsp3) is 0.312. The van der Waals surface area contributed by atoms with Crippen molar-refractivity contribution in [2.24, 2.45) is 0 Å². The first-order valence-corrected chi connectivity index (χ1v) is 7.33. The third kappa shape index (κ3) is 2.44. The Morgan fingerprint density at radius 3 is 2.27 bits per heavy atom. The van der Waals surface area contributed by atoms with Gasteiger partial charge in [0.15, 0.2) is 11.3 Å². The van der Waals surface area contributed by atoms with E-state index >= 15 is 0 Å². The van der Waals surface area contributed by atoms with Crippen LogP contribution in [0.2, 0.25) is 0 Å². The molecule has 1 aliphatic rings. The number of thiophene rings is 1. The van der Waals surface area contributed by atoms with Crippen molar-refractivity contribution in [1.82, 2.24) is 0 Å². The average Bonchev–Trinajstić information content (AvgIpc) is 3.02. The first kappa shape index (κ1) is 15.6. The number of anilines is 1. The summed E-state index contributed by atoms with van der Waals surface area (Å²) in [6.45, 7) is 3.65. The Bertz CT molecular complexity index is 790. The van der Waals surface area contributed by atoms with Crippen LogP contribution in [0.5, 0.6) is 0 Å². The molecule has 1 aromatic heterocycles. The number of hydrogen-bond donors (Lipinski definition) is 0. The molecule has 0 saturated heterocycles. The van der Waals surface area contributed by atoms with Gasteiger partial charge in [-0.2, -0.15) is 15.8 Å². The zero-order chi connectivity index (χ0) is 16.5. The normalized spacial score (nSPS) is 15.6. The summed E-state index contributed by atoms with van der Waals surface area (Å²) in [5.41, 5.74) is 0.0266. The Balaban J connectivity index is 2.72. The van der Waals surface area contributed by atoms with Crippen molar-refractivity contribution in [1.29, 1.82) is 15.8 Å². The molecule has 22 heavy (non-hydrogen) atoms. The van der Waals surface area contributed by atoms with E-state index < -0.39 is 5.60 Å². The lowest BCUT2D eigenvalue weighted by Crippen LogP contribution is -2.20. The topological polar surface area (TPSA) is 83.8 Å². The molecular formula is C16H14N4OS. The van der Waals surface area contributed by atoms with Gasteiger partial charge in [0.2, 0.25) is 0 Å². The van der Waals surface area contributed by atoms with E-state index in [2.05, 4.69) is 6.07 Å². The predicted molar refractivity (Wildman–Crippen MR) is 84.6 cm³/mol. The third-order valence-electron chi connectivity index (χ3n) is 3.28. The standard InChI is InChI=1S/C16H14N4OS/c1-16(2)14(12-5-6-13(22-12)20(3)4)11(9-19)15(21-16)10(7-17)8-18/h5-6H,1-4H3. The second kappa shape index (κ2) is 5.56. The first-order valence-electron chi connectivity index (χ1n) is 6.52. The highest BCUT2D eigenvalue weighted by atomic mass is 32.1. The lowest BCUT2D eigenvalue weighted by molar-refractivity contribution is 0.109. The van der Waals surface area contributed by atoms with Crippen LogP contribution in [0.3, 0.4) is 0 Å². The minimum Gasteiger partial charge on any atom is -0.479 e. The molecule has 0 spiro atoms. The molecule has 0 fully saturated rings. The summed E-state index contributed by atoms with van der Waals surface area (Å²) >= 11 is 1.54. The van der Waals surface area contributed by atoms with Crippen molar-refractivity contribution in [3.05, 3.63) is 33.9 Å². The zero-order valence-corrected chi connectivity index (χ0v) is 13.6. The Kier molecular flexibility index (Phi) is 3.95. The van der Waals surface area contributed by atoms with Crippen LogP contribution in [0.15, 0.2) is 29.0 Å². The number of nitrogens with zero attached hydrogens (tertiary/aromatic N) is 4. The Hall–Kier alpha value is -2.75. The monoisotopic (exact) mass is 310 g/mol. The van der Waals surface area contributed by atoms with Gasteiger partial charge in [-0.1, -0.05) is 0 Å². The molecule has 5 nitrogen and oxygen atoms in total. The molecule has 1 aliphatic heterocycles. The Morgan fingerprint density at radius 2 is 1.82 bits per heavy atom. The summed E-state index contributed by atoms with van der Waals surface area (Å²) in [7, 11) is 3.89. The maximum Gasteiger partial charge on any atom is 0.172 e. The number of nitriles is 3. The van der Waals surface area contributed by atoms with E-state index in [0.29, 0.717) is 5.57 Å². The maximum absolute atomic E-state index is 9.51. The van der Waals surface area contributed by atoms with Gasteiger partial charge in [0.05, 0.1) is 5.00 Å². The summed E-state index contributed by atoms with van der Waals surface area (Å²) in [4.78, 5) is 2.88. The van der Waals surface area contributed by atoms with E-state index in [1.54, 1.807) is 12.1 Å². The molecule has 1 aromatic rings. The van der Waals surface area contributed by atoms with Crippen molar-refractivity contribution < 1.29 is 4.74 Å². The van der Waals surface area contributed by atoms with Crippen molar-refractivity contribution in [2.45, 2.75) is 19.4 Å². The summed E-state index contributed by atoms with van der Waals surface area (Å²) < 4.78 is 5.76. The predicted octanol–water partition coefficient (Wildman–Crippen LogP) is 3.20. The van der Waals surface area contributed by atoms with Crippen LogP contribution < -0.4 is 4.90 Å². The zero-order valence-electron chi connectivity index (χ0n) is 12.8. The molecule has 0 saturated carbocycles. The number of hydrogen-bond acceptors (Lipinski definition) is 6. The fourth-order valence-electron chi connectivity index (χ4n) is 2.30. The van der Waals surface area contributed by atoms with Gasteiger partial charge in [-0.3, -0.25) is 0 Å². The molecule has 6 heteroatoms. The molecule has 110 valence electrons. The second-order valence-electron chi connectivity index (χ2n) is 5.43. The van der Waals surface area contributed by atoms with E-state index in [9.17, 15) is 5.26 Å². The van der Waals surface area contributed by atoms with Crippen LogP contribution in [-0.4, -0.2) is 19.7 Å². The number of rotatable bonds is 2. The van der Waals surface area contributed by atoms with Gasteiger partial charge in [-0.15, -0.1) is 11.3 Å². The minimum absolute atomic E-state index is 0.0762. The van der Waals surface area contributed by atoms with Gasteiger partial charge in [-0.25, -0.2) is 0 Å². The van der Waals surface area contributed by atoms with E-state index in [0.717, 1.165) is 9.88 Å². The van der Waals surface area contributed by atoms with Crippen LogP contribution in [0.1, 0.15) is 18.7 Å². The van der Waals surface area contributed by atoms with Crippen molar-refractivity contribution in [3.63, 3.8) is 0 Å². The Morgan fingerprint density at radius 1 is 1.18 bits per heavy atom. The summed E-state index contributed by atoms with van der Waals surface area (Å²) in [5, 5.41) is 28.7. The van der Waals surface area contributed by atoms with Gasteiger partial charge in [0.25, 0.3) is 0 Å². The smallest absolute Gasteiger partial charge is 0.172 e. The molecule has 0 unspecified atom stereocenters. The van der Waals surface area contributed by atoms with Gasteiger partial charge in [-0.05, 0) is 26.0 Å². The van der Waals surface area contributed by atoms with Crippen molar-refractivity contribution in [2.75, 3.05) is 19.0 Å². The molecule has 0 N–H and O–H groups in total. The molecule has 0 aliphatic carbocycles. The van der Waals surface area contributed by atoms with Crippen LogP contribution in [0, 0.1) is 34.0 Å². The highest BCUT2D eigenvalue weighted by molar-refractivity contribution is 7.17. The second-order valence-corrected chi connectivity index (χ2v) is 6.50. The lowest BCUT2D eigenvalue weighted by Gasteiger charge is -2.21. The van der Waals surface area contributed by atoms with E-state index in [-0.39, 0.29) is 16.9 Å². The van der Waals surface area contributed by atoms with E-state index in [4.69, 9.17) is 15.3 Å². The third-order valence-corrected chi connectivity index (χ3v) is 4.55. The van der Waals surface area contributed by atoms with Gasteiger partial charge >= 0.3 is 0 Å². The molecule has 0 radical (unpaired) electrons. The van der Waals surface area contributed by atoms with E-state index in [1.807, 2.05) is 45.0 Å². The fourth-order valence-corrected chi connectivity index (χ4v) is 3.43. The molecule has 0 amide bonds.